The summed E-state index contributed by atoms with van der Waals surface area (Å²) in [6.45, 7) is 4.43. The summed E-state index contributed by atoms with van der Waals surface area (Å²) in [6, 6.07) is 5.42. The second-order valence-corrected chi connectivity index (χ2v) is 5.45. The van der Waals surface area contributed by atoms with Crippen LogP contribution >= 0.6 is 27.5 Å². The molecule has 1 aromatic rings. The van der Waals surface area contributed by atoms with Gasteiger partial charge in [0, 0.05) is 9.89 Å². The molecule has 0 aliphatic heterocycles. The first-order chi connectivity index (χ1) is 6.94. The maximum atomic E-state index is 9.06. The number of benzene rings is 1. The number of aliphatic hydroxyl groups is 1. The number of halogens is 2. The Balaban J connectivity index is 2.62. The van der Waals surface area contributed by atoms with Crippen molar-refractivity contribution in [2.45, 2.75) is 13.8 Å². The first-order valence-corrected chi connectivity index (χ1v) is 5.80. The summed E-state index contributed by atoms with van der Waals surface area (Å²) in [4.78, 5) is 0. The van der Waals surface area contributed by atoms with Gasteiger partial charge in [-0.15, -0.1) is 0 Å². The Bertz CT molecular complexity index is 339. The monoisotopic (exact) mass is 292 g/mol. The second-order valence-electron chi connectivity index (χ2n) is 4.19. The van der Waals surface area contributed by atoms with E-state index in [0.717, 1.165) is 4.47 Å². The quantitative estimate of drug-likeness (QED) is 0.920. The van der Waals surface area contributed by atoms with Crippen molar-refractivity contribution < 1.29 is 9.84 Å². The minimum Gasteiger partial charge on any atom is -0.493 e. The molecular weight excluding hydrogens is 279 g/mol. The fourth-order valence-electron chi connectivity index (χ4n) is 0.891. The van der Waals surface area contributed by atoms with Crippen LogP contribution < -0.4 is 4.74 Å². The minimum absolute atomic E-state index is 0.0945. The third kappa shape index (κ3) is 4.01. The molecule has 0 unspecified atom stereocenters. The Hall–Kier alpha value is -0.250. The predicted octanol–water partition coefficient (Wildman–Crippen LogP) is 3.50. The van der Waals surface area contributed by atoms with Gasteiger partial charge in [0.05, 0.1) is 18.2 Å². The molecule has 0 radical (unpaired) electrons. The molecule has 0 aliphatic rings. The summed E-state index contributed by atoms with van der Waals surface area (Å²) < 4.78 is 6.38. The van der Waals surface area contributed by atoms with Crippen LogP contribution in [0.2, 0.25) is 5.02 Å². The van der Waals surface area contributed by atoms with Gasteiger partial charge in [-0.25, -0.2) is 0 Å². The number of hydrogen-bond donors (Lipinski definition) is 1. The summed E-state index contributed by atoms with van der Waals surface area (Å²) >= 11 is 9.23. The van der Waals surface area contributed by atoms with Crippen LogP contribution in [0.25, 0.3) is 0 Å². The van der Waals surface area contributed by atoms with Crippen molar-refractivity contribution in [2.75, 3.05) is 13.2 Å². The molecule has 0 saturated carbocycles. The maximum Gasteiger partial charge on any atom is 0.120 e. The molecule has 1 rings (SSSR count). The number of rotatable bonds is 4. The molecule has 0 aliphatic carbocycles. The van der Waals surface area contributed by atoms with Gasteiger partial charge in [0.15, 0.2) is 0 Å². The van der Waals surface area contributed by atoms with E-state index in [-0.39, 0.29) is 12.0 Å². The zero-order valence-electron chi connectivity index (χ0n) is 8.76. The molecule has 0 spiro atoms. The summed E-state index contributed by atoms with van der Waals surface area (Å²) in [6.07, 6.45) is 0. The van der Waals surface area contributed by atoms with Crippen molar-refractivity contribution in [1.82, 2.24) is 0 Å². The van der Waals surface area contributed by atoms with Gasteiger partial charge in [0.25, 0.3) is 0 Å². The highest BCUT2D eigenvalue weighted by molar-refractivity contribution is 9.10. The molecule has 1 N–H and O–H groups in total. The normalized spacial score (nSPS) is 11.5. The van der Waals surface area contributed by atoms with Crippen LogP contribution in [-0.2, 0) is 0 Å². The lowest BCUT2D eigenvalue weighted by Gasteiger charge is -2.21. The Labute approximate surface area is 103 Å². The Morgan fingerprint density at radius 3 is 2.67 bits per heavy atom. The van der Waals surface area contributed by atoms with Crippen LogP contribution in [0.3, 0.4) is 0 Å². The SMILES string of the molecule is CC(C)(CO)COc1ccc(Br)c(Cl)c1. The van der Waals surface area contributed by atoms with Crippen LogP contribution in [0.5, 0.6) is 5.75 Å². The molecule has 0 atom stereocenters. The van der Waals surface area contributed by atoms with Gasteiger partial charge in [0.2, 0.25) is 0 Å². The number of ether oxygens (including phenoxy) is 1. The van der Waals surface area contributed by atoms with Gasteiger partial charge >= 0.3 is 0 Å². The van der Waals surface area contributed by atoms with Crippen molar-refractivity contribution in [2.24, 2.45) is 5.41 Å². The van der Waals surface area contributed by atoms with Gasteiger partial charge in [0.1, 0.15) is 5.75 Å². The van der Waals surface area contributed by atoms with Crippen LogP contribution in [0.1, 0.15) is 13.8 Å². The van der Waals surface area contributed by atoms with E-state index in [1.54, 1.807) is 6.07 Å². The van der Waals surface area contributed by atoms with Crippen molar-refractivity contribution in [3.8, 4) is 5.75 Å². The van der Waals surface area contributed by atoms with E-state index in [9.17, 15) is 0 Å². The van der Waals surface area contributed by atoms with Gasteiger partial charge < -0.3 is 9.84 Å². The second kappa shape index (κ2) is 5.19. The maximum absolute atomic E-state index is 9.06. The van der Waals surface area contributed by atoms with E-state index in [2.05, 4.69) is 15.9 Å². The highest BCUT2D eigenvalue weighted by Gasteiger charge is 2.17. The fourth-order valence-corrected chi connectivity index (χ4v) is 1.31. The van der Waals surface area contributed by atoms with Crippen LogP contribution in [-0.4, -0.2) is 18.3 Å². The zero-order chi connectivity index (χ0) is 11.5. The standard InChI is InChI=1S/C11H14BrClO2/c1-11(2,6-14)7-15-8-3-4-9(12)10(13)5-8/h3-5,14H,6-7H2,1-2H3. The molecule has 0 saturated heterocycles. The first-order valence-electron chi connectivity index (χ1n) is 4.63. The lowest BCUT2D eigenvalue weighted by Crippen LogP contribution is -2.25. The van der Waals surface area contributed by atoms with E-state index in [4.69, 9.17) is 21.4 Å². The molecule has 0 aromatic heterocycles. The third-order valence-electron chi connectivity index (χ3n) is 1.95. The molecule has 4 heteroatoms. The Morgan fingerprint density at radius 1 is 1.47 bits per heavy atom. The van der Waals surface area contributed by atoms with Crippen molar-refractivity contribution >= 4 is 27.5 Å². The molecule has 1 aromatic carbocycles. The smallest absolute Gasteiger partial charge is 0.120 e. The summed E-state index contributed by atoms with van der Waals surface area (Å²) in [5, 5.41) is 9.68. The summed E-state index contributed by atoms with van der Waals surface area (Å²) in [7, 11) is 0. The lowest BCUT2D eigenvalue weighted by atomic mass is 9.97. The first kappa shape index (κ1) is 12.8. The van der Waals surface area contributed by atoms with E-state index in [1.807, 2.05) is 26.0 Å². The molecule has 84 valence electrons. The third-order valence-corrected chi connectivity index (χ3v) is 3.18. The highest BCUT2D eigenvalue weighted by atomic mass is 79.9. The van der Waals surface area contributed by atoms with E-state index in [0.29, 0.717) is 17.4 Å². The van der Waals surface area contributed by atoms with Crippen molar-refractivity contribution in [1.29, 1.82) is 0 Å². The molecule has 2 nitrogen and oxygen atoms in total. The van der Waals surface area contributed by atoms with E-state index < -0.39 is 0 Å². The minimum atomic E-state index is -0.237. The highest BCUT2D eigenvalue weighted by Crippen LogP contribution is 2.27. The molecular formula is C11H14BrClO2. The summed E-state index contributed by atoms with van der Waals surface area (Å²) in [5.41, 5.74) is -0.237. The fraction of sp³-hybridized carbons (Fsp3) is 0.455. The van der Waals surface area contributed by atoms with Gasteiger partial charge in [-0.2, -0.15) is 0 Å². The Kier molecular flexibility index (Phi) is 4.44. The van der Waals surface area contributed by atoms with Gasteiger partial charge in [-0.3, -0.25) is 0 Å². The van der Waals surface area contributed by atoms with Crippen LogP contribution in [0, 0.1) is 5.41 Å². The average molecular weight is 294 g/mol. The Morgan fingerprint density at radius 2 is 2.13 bits per heavy atom. The molecule has 0 fully saturated rings. The van der Waals surface area contributed by atoms with E-state index >= 15 is 0 Å². The molecule has 0 amide bonds. The molecule has 0 bridgehead atoms. The summed E-state index contributed by atoms with van der Waals surface area (Å²) in [5.74, 6) is 0.713. The van der Waals surface area contributed by atoms with Crippen molar-refractivity contribution in [3.63, 3.8) is 0 Å². The van der Waals surface area contributed by atoms with Gasteiger partial charge in [-0.05, 0) is 34.1 Å². The zero-order valence-corrected chi connectivity index (χ0v) is 11.1. The predicted molar refractivity (Wildman–Crippen MR) is 65.5 cm³/mol. The number of hydrogen-bond acceptors (Lipinski definition) is 2. The van der Waals surface area contributed by atoms with Crippen LogP contribution in [0.15, 0.2) is 22.7 Å². The van der Waals surface area contributed by atoms with Crippen LogP contribution in [0.4, 0.5) is 0 Å². The molecule has 15 heavy (non-hydrogen) atoms. The average Bonchev–Trinajstić information content (AvgIpc) is 2.20. The van der Waals surface area contributed by atoms with E-state index in [1.165, 1.54) is 0 Å². The lowest BCUT2D eigenvalue weighted by molar-refractivity contribution is 0.0975. The molecule has 0 heterocycles. The topological polar surface area (TPSA) is 29.5 Å². The largest absolute Gasteiger partial charge is 0.493 e. The van der Waals surface area contributed by atoms with Crippen molar-refractivity contribution in [3.05, 3.63) is 27.7 Å². The van der Waals surface area contributed by atoms with Gasteiger partial charge in [-0.1, -0.05) is 25.4 Å². The number of aliphatic hydroxyl groups excluding tert-OH is 1.